The van der Waals surface area contributed by atoms with Gasteiger partial charge in [-0.05, 0) is 31.0 Å². The molecule has 0 aliphatic heterocycles. The highest BCUT2D eigenvalue weighted by Crippen LogP contribution is 2.20. The Morgan fingerprint density at radius 1 is 1.32 bits per heavy atom. The lowest BCUT2D eigenvalue weighted by Crippen LogP contribution is -2.31. The Hall–Kier alpha value is -1.39. The first-order valence-corrected chi connectivity index (χ1v) is 6.71. The smallest absolute Gasteiger partial charge is 0.327 e. The summed E-state index contributed by atoms with van der Waals surface area (Å²) < 4.78 is 10.3. The Morgan fingerprint density at radius 2 is 2.05 bits per heavy atom. The van der Waals surface area contributed by atoms with Gasteiger partial charge >= 0.3 is 5.97 Å². The highest BCUT2D eigenvalue weighted by molar-refractivity contribution is 5.78. The van der Waals surface area contributed by atoms with Gasteiger partial charge in [-0.3, -0.25) is 0 Å². The maximum Gasteiger partial charge on any atom is 0.327 e. The number of carbonyl (C=O) groups excluding carboxylic acids is 1. The quantitative estimate of drug-likeness (QED) is 0.733. The molecule has 4 nitrogen and oxygen atoms in total. The van der Waals surface area contributed by atoms with Crippen molar-refractivity contribution in [1.82, 2.24) is 5.32 Å². The molecule has 1 aromatic carbocycles. The second-order valence-corrected chi connectivity index (χ2v) is 4.27. The van der Waals surface area contributed by atoms with Crippen molar-refractivity contribution in [3.63, 3.8) is 0 Å². The zero-order valence-electron chi connectivity index (χ0n) is 11.9. The van der Waals surface area contributed by atoms with Crippen LogP contribution in [-0.2, 0) is 20.9 Å². The molecule has 0 saturated heterocycles. The first kappa shape index (κ1) is 15.7. The molecular weight excluding hydrogens is 242 g/mol. The third-order valence-corrected chi connectivity index (χ3v) is 2.79. The zero-order chi connectivity index (χ0) is 14.1. The van der Waals surface area contributed by atoms with Crippen LogP contribution in [0.4, 0.5) is 0 Å². The molecule has 0 amide bonds. The molecular formula is C15H23NO3. The fourth-order valence-electron chi connectivity index (χ4n) is 1.94. The topological polar surface area (TPSA) is 47.6 Å². The van der Waals surface area contributed by atoms with E-state index in [0.29, 0.717) is 13.2 Å². The Morgan fingerprint density at radius 3 is 2.68 bits per heavy atom. The molecule has 0 spiro atoms. The zero-order valence-corrected chi connectivity index (χ0v) is 11.9. The molecule has 1 unspecified atom stereocenters. The lowest BCUT2D eigenvalue weighted by molar-refractivity contribution is -0.145. The maximum atomic E-state index is 12.1. The summed E-state index contributed by atoms with van der Waals surface area (Å²) in [4.78, 5) is 12.1. The summed E-state index contributed by atoms with van der Waals surface area (Å²) in [5.74, 6) is -0.237. The molecule has 0 heterocycles. The average molecular weight is 265 g/mol. The van der Waals surface area contributed by atoms with Crippen LogP contribution >= 0.6 is 0 Å². The predicted octanol–water partition coefficient (Wildman–Crippen LogP) is 2.44. The first-order valence-electron chi connectivity index (χ1n) is 6.71. The van der Waals surface area contributed by atoms with Gasteiger partial charge in [0, 0.05) is 7.11 Å². The number of benzene rings is 1. The van der Waals surface area contributed by atoms with Gasteiger partial charge in [0.25, 0.3) is 0 Å². The summed E-state index contributed by atoms with van der Waals surface area (Å²) in [6.07, 6.45) is 0.961. The van der Waals surface area contributed by atoms with E-state index in [9.17, 15) is 4.79 Å². The van der Waals surface area contributed by atoms with Gasteiger partial charge in [-0.25, -0.2) is 4.79 Å². The Balaban J connectivity index is 2.98. The van der Waals surface area contributed by atoms with Crippen LogP contribution in [0.1, 0.15) is 37.4 Å². The van der Waals surface area contributed by atoms with E-state index in [-0.39, 0.29) is 5.97 Å². The van der Waals surface area contributed by atoms with E-state index in [1.165, 1.54) is 0 Å². The number of esters is 1. The number of hydrogen-bond donors (Lipinski definition) is 1. The van der Waals surface area contributed by atoms with Crippen molar-refractivity contribution in [3.05, 3.63) is 35.4 Å². The van der Waals surface area contributed by atoms with E-state index in [2.05, 4.69) is 12.2 Å². The maximum absolute atomic E-state index is 12.1. The monoisotopic (exact) mass is 265 g/mol. The molecule has 0 aromatic heterocycles. The van der Waals surface area contributed by atoms with Gasteiger partial charge in [0.15, 0.2) is 0 Å². The van der Waals surface area contributed by atoms with E-state index in [1.54, 1.807) is 7.11 Å². The van der Waals surface area contributed by atoms with Crippen molar-refractivity contribution in [2.75, 3.05) is 20.3 Å². The molecule has 106 valence electrons. The van der Waals surface area contributed by atoms with Gasteiger partial charge in [0.2, 0.25) is 0 Å². The van der Waals surface area contributed by atoms with Crippen LogP contribution in [-0.4, -0.2) is 26.2 Å². The van der Waals surface area contributed by atoms with E-state index < -0.39 is 6.04 Å². The van der Waals surface area contributed by atoms with Crippen LogP contribution in [0.25, 0.3) is 0 Å². The van der Waals surface area contributed by atoms with Crippen LogP contribution in [0.2, 0.25) is 0 Å². The number of methoxy groups -OCH3 is 1. The molecule has 0 radical (unpaired) electrons. The van der Waals surface area contributed by atoms with Crippen LogP contribution in [0, 0.1) is 0 Å². The van der Waals surface area contributed by atoms with Crippen LogP contribution in [0.15, 0.2) is 24.3 Å². The van der Waals surface area contributed by atoms with E-state index in [1.807, 2.05) is 31.2 Å². The number of nitrogens with one attached hydrogen (secondary N) is 1. The number of carbonyl (C=O) groups is 1. The standard InChI is InChI=1S/C15H23NO3/c1-4-10-16-14(15(17)19-5-2)13-9-7-6-8-12(13)11-18-3/h6-9,14,16H,4-5,10-11H2,1-3H3. The first-order chi connectivity index (χ1) is 9.24. The average Bonchev–Trinajstić information content (AvgIpc) is 2.41. The van der Waals surface area contributed by atoms with Crippen molar-refractivity contribution in [2.45, 2.75) is 32.9 Å². The second kappa shape index (κ2) is 8.67. The van der Waals surface area contributed by atoms with Gasteiger partial charge in [-0.2, -0.15) is 0 Å². The molecule has 4 heteroatoms. The Bertz CT molecular complexity index is 393. The Kier molecular flexibility index (Phi) is 7.15. The fourth-order valence-corrected chi connectivity index (χ4v) is 1.94. The van der Waals surface area contributed by atoms with Crippen molar-refractivity contribution >= 4 is 5.97 Å². The van der Waals surface area contributed by atoms with Crippen LogP contribution in [0.3, 0.4) is 0 Å². The number of rotatable bonds is 8. The lowest BCUT2D eigenvalue weighted by Gasteiger charge is -2.20. The van der Waals surface area contributed by atoms with E-state index >= 15 is 0 Å². The normalized spacial score (nSPS) is 12.2. The minimum atomic E-state index is -0.425. The van der Waals surface area contributed by atoms with Crippen LogP contribution < -0.4 is 5.32 Å². The second-order valence-electron chi connectivity index (χ2n) is 4.27. The van der Waals surface area contributed by atoms with Crippen molar-refractivity contribution in [2.24, 2.45) is 0 Å². The predicted molar refractivity (Wildman–Crippen MR) is 74.8 cm³/mol. The summed E-state index contributed by atoms with van der Waals surface area (Å²) >= 11 is 0. The molecule has 0 aliphatic carbocycles. The van der Waals surface area contributed by atoms with Crippen LogP contribution in [0.5, 0.6) is 0 Å². The minimum absolute atomic E-state index is 0.237. The third-order valence-electron chi connectivity index (χ3n) is 2.79. The highest BCUT2D eigenvalue weighted by atomic mass is 16.5. The van der Waals surface area contributed by atoms with Crippen molar-refractivity contribution in [3.8, 4) is 0 Å². The molecule has 1 N–H and O–H groups in total. The molecule has 0 saturated carbocycles. The number of hydrogen-bond acceptors (Lipinski definition) is 4. The van der Waals surface area contributed by atoms with Gasteiger partial charge < -0.3 is 14.8 Å². The number of ether oxygens (including phenoxy) is 2. The summed E-state index contributed by atoms with van der Waals surface area (Å²) in [7, 11) is 1.65. The molecule has 0 fully saturated rings. The van der Waals surface area contributed by atoms with Crippen molar-refractivity contribution in [1.29, 1.82) is 0 Å². The highest BCUT2D eigenvalue weighted by Gasteiger charge is 2.23. The van der Waals surface area contributed by atoms with E-state index in [4.69, 9.17) is 9.47 Å². The SMILES string of the molecule is CCCNC(C(=O)OCC)c1ccccc1COC. The summed E-state index contributed by atoms with van der Waals surface area (Å²) in [5, 5.41) is 3.24. The van der Waals surface area contributed by atoms with Gasteiger partial charge in [0.1, 0.15) is 6.04 Å². The van der Waals surface area contributed by atoms with Gasteiger partial charge in [-0.15, -0.1) is 0 Å². The molecule has 1 rings (SSSR count). The molecule has 0 aliphatic rings. The lowest BCUT2D eigenvalue weighted by atomic mass is 10.0. The third kappa shape index (κ3) is 4.65. The minimum Gasteiger partial charge on any atom is -0.465 e. The Labute approximate surface area is 115 Å². The molecule has 19 heavy (non-hydrogen) atoms. The fraction of sp³-hybridized carbons (Fsp3) is 0.533. The summed E-state index contributed by atoms with van der Waals surface area (Å²) in [6, 6.07) is 7.36. The molecule has 1 atom stereocenters. The summed E-state index contributed by atoms with van der Waals surface area (Å²) in [5.41, 5.74) is 1.93. The largest absolute Gasteiger partial charge is 0.465 e. The van der Waals surface area contributed by atoms with Gasteiger partial charge in [-0.1, -0.05) is 31.2 Å². The van der Waals surface area contributed by atoms with Gasteiger partial charge in [0.05, 0.1) is 13.2 Å². The summed E-state index contributed by atoms with van der Waals surface area (Å²) in [6.45, 7) is 5.52. The molecule has 1 aromatic rings. The molecule has 0 bridgehead atoms. The van der Waals surface area contributed by atoms with E-state index in [0.717, 1.165) is 24.1 Å². The van der Waals surface area contributed by atoms with Crippen molar-refractivity contribution < 1.29 is 14.3 Å².